The fraction of sp³-hybridized carbons (Fsp3) is 0.692. The quantitative estimate of drug-likeness (QED) is 0.813. The molecule has 1 aromatic heterocycles. The maximum Gasteiger partial charge on any atom is 0.221 e. The highest BCUT2D eigenvalue weighted by Crippen LogP contribution is 2.25. The van der Waals surface area contributed by atoms with Crippen LogP contribution in [0.4, 0.5) is 5.82 Å². The molecule has 2 N–H and O–H groups in total. The van der Waals surface area contributed by atoms with E-state index in [9.17, 15) is 0 Å². The molecule has 0 aliphatic rings. The highest BCUT2D eigenvalue weighted by Gasteiger charge is 2.20. The number of hydrogen-bond donors (Lipinski definition) is 1. The normalized spacial score (nSPS) is 11.6. The molecule has 5 heteroatoms. The Kier molecular flexibility index (Phi) is 4.90. The minimum absolute atomic E-state index is 0.153. The Labute approximate surface area is 109 Å². The number of rotatable bonds is 5. The Morgan fingerprint density at radius 1 is 1.17 bits per heavy atom. The van der Waals surface area contributed by atoms with Crippen molar-refractivity contribution in [1.29, 1.82) is 0 Å². The molecule has 0 aliphatic carbocycles. The van der Waals surface area contributed by atoms with Gasteiger partial charge in [0.2, 0.25) is 5.88 Å². The van der Waals surface area contributed by atoms with Gasteiger partial charge in [0.25, 0.3) is 0 Å². The highest BCUT2D eigenvalue weighted by atomic mass is 16.5. The van der Waals surface area contributed by atoms with Gasteiger partial charge in [-0.3, -0.25) is 0 Å². The number of nitrogen functional groups attached to an aromatic ring is 1. The molecule has 1 aromatic rings. The lowest BCUT2D eigenvalue weighted by atomic mass is 9.95. The predicted molar refractivity (Wildman–Crippen MR) is 71.9 cm³/mol. The maximum atomic E-state index is 5.89. The van der Waals surface area contributed by atoms with E-state index < -0.39 is 0 Å². The summed E-state index contributed by atoms with van der Waals surface area (Å²) in [4.78, 5) is 8.74. The van der Waals surface area contributed by atoms with Crippen molar-refractivity contribution >= 4 is 5.82 Å². The molecule has 0 aliphatic heterocycles. The molecule has 0 saturated carbocycles. The molecule has 0 atom stereocenters. The van der Waals surface area contributed by atoms with Crippen LogP contribution in [0.5, 0.6) is 5.88 Å². The molecular weight excluding hydrogens is 230 g/mol. The summed E-state index contributed by atoms with van der Waals surface area (Å²) in [6.45, 7) is 11.6. The molecule has 18 heavy (non-hydrogen) atoms. The number of anilines is 1. The van der Waals surface area contributed by atoms with Gasteiger partial charge in [-0.05, 0) is 13.8 Å². The molecule has 5 nitrogen and oxygen atoms in total. The van der Waals surface area contributed by atoms with Gasteiger partial charge in [0.1, 0.15) is 18.2 Å². The maximum absolute atomic E-state index is 5.89. The van der Waals surface area contributed by atoms with E-state index in [0.29, 0.717) is 37.3 Å². The van der Waals surface area contributed by atoms with E-state index in [-0.39, 0.29) is 5.41 Å². The summed E-state index contributed by atoms with van der Waals surface area (Å²) in [5, 5.41) is 0. The van der Waals surface area contributed by atoms with Crippen LogP contribution >= 0.6 is 0 Å². The second kappa shape index (κ2) is 6.00. The fourth-order valence-corrected chi connectivity index (χ4v) is 1.33. The Hall–Kier alpha value is -1.36. The molecule has 0 bridgehead atoms. The van der Waals surface area contributed by atoms with Crippen LogP contribution < -0.4 is 10.5 Å². The topological polar surface area (TPSA) is 70.3 Å². The molecule has 0 radical (unpaired) electrons. The van der Waals surface area contributed by atoms with Gasteiger partial charge in [0.05, 0.1) is 12.2 Å². The van der Waals surface area contributed by atoms with E-state index in [0.717, 1.165) is 5.56 Å². The third kappa shape index (κ3) is 3.84. The number of hydrogen-bond acceptors (Lipinski definition) is 5. The number of ether oxygens (including phenoxy) is 2. The Morgan fingerprint density at radius 2 is 1.83 bits per heavy atom. The molecule has 0 amide bonds. The molecule has 0 fully saturated rings. The first kappa shape index (κ1) is 14.7. The van der Waals surface area contributed by atoms with Crippen LogP contribution in [-0.4, -0.2) is 29.8 Å². The van der Waals surface area contributed by atoms with Crippen molar-refractivity contribution in [2.75, 3.05) is 25.6 Å². The lowest BCUT2D eigenvalue weighted by molar-refractivity contribution is 0.108. The minimum Gasteiger partial charge on any atom is -0.475 e. The second-order valence-electron chi connectivity index (χ2n) is 5.16. The Morgan fingerprint density at radius 3 is 2.39 bits per heavy atom. The van der Waals surface area contributed by atoms with Gasteiger partial charge in [-0.25, -0.2) is 4.98 Å². The lowest BCUT2D eigenvalue weighted by Gasteiger charge is -2.19. The first-order chi connectivity index (χ1) is 8.36. The van der Waals surface area contributed by atoms with E-state index in [1.54, 1.807) is 0 Å². The van der Waals surface area contributed by atoms with E-state index in [4.69, 9.17) is 15.2 Å². The standard InChI is InChI=1S/C13H23N3O2/c1-6-17-7-8-18-11-9(2)10(14)15-12(16-11)13(3,4)5/h6-8H2,1-5H3,(H2,14,15,16). The monoisotopic (exact) mass is 253 g/mol. The van der Waals surface area contributed by atoms with Gasteiger partial charge in [-0.2, -0.15) is 4.98 Å². The first-order valence-electron chi connectivity index (χ1n) is 6.21. The minimum atomic E-state index is -0.153. The predicted octanol–water partition coefficient (Wildman–Crippen LogP) is 2.08. The van der Waals surface area contributed by atoms with Crippen molar-refractivity contribution in [3.8, 4) is 5.88 Å². The Balaban J connectivity index is 2.86. The van der Waals surface area contributed by atoms with Gasteiger partial charge in [0, 0.05) is 12.0 Å². The molecule has 0 spiro atoms. The number of nitrogens with two attached hydrogens (primary N) is 1. The smallest absolute Gasteiger partial charge is 0.221 e. The van der Waals surface area contributed by atoms with Crippen LogP contribution in [0.25, 0.3) is 0 Å². The average Bonchev–Trinajstić information content (AvgIpc) is 2.28. The fourth-order valence-electron chi connectivity index (χ4n) is 1.33. The van der Waals surface area contributed by atoms with E-state index in [1.807, 2.05) is 34.6 Å². The number of aromatic nitrogens is 2. The molecule has 0 aromatic carbocycles. The zero-order valence-electron chi connectivity index (χ0n) is 11.9. The van der Waals surface area contributed by atoms with Gasteiger partial charge < -0.3 is 15.2 Å². The summed E-state index contributed by atoms with van der Waals surface area (Å²) in [7, 11) is 0. The van der Waals surface area contributed by atoms with Crippen LogP contribution in [-0.2, 0) is 10.2 Å². The zero-order valence-corrected chi connectivity index (χ0v) is 11.9. The van der Waals surface area contributed by atoms with Crippen LogP contribution in [0.1, 0.15) is 39.1 Å². The Bertz CT molecular complexity index is 400. The van der Waals surface area contributed by atoms with Crippen LogP contribution in [0.2, 0.25) is 0 Å². The van der Waals surface area contributed by atoms with E-state index in [2.05, 4.69) is 9.97 Å². The van der Waals surface area contributed by atoms with Crippen LogP contribution in [0, 0.1) is 6.92 Å². The largest absolute Gasteiger partial charge is 0.475 e. The summed E-state index contributed by atoms with van der Waals surface area (Å²) in [5.74, 6) is 1.71. The molecule has 0 unspecified atom stereocenters. The molecular formula is C13H23N3O2. The zero-order chi connectivity index (χ0) is 13.8. The molecule has 102 valence electrons. The van der Waals surface area contributed by atoms with Gasteiger partial charge in [-0.15, -0.1) is 0 Å². The third-order valence-corrected chi connectivity index (χ3v) is 2.48. The first-order valence-corrected chi connectivity index (χ1v) is 6.21. The summed E-state index contributed by atoms with van der Waals surface area (Å²) in [6.07, 6.45) is 0. The lowest BCUT2D eigenvalue weighted by Crippen LogP contribution is -2.19. The van der Waals surface area contributed by atoms with Crippen molar-refractivity contribution in [3.05, 3.63) is 11.4 Å². The van der Waals surface area contributed by atoms with Crippen molar-refractivity contribution < 1.29 is 9.47 Å². The van der Waals surface area contributed by atoms with Crippen molar-refractivity contribution in [2.24, 2.45) is 0 Å². The van der Waals surface area contributed by atoms with E-state index >= 15 is 0 Å². The molecule has 0 saturated heterocycles. The SMILES string of the molecule is CCOCCOc1nc(C(C)(C)C)nc(N)c1C. The third-order valence-electron chi connectivity index (χ3n) is 2.48. The summed E-state index contributed by atoms with van der Waals surface area (Å²) in [5.41, 5.74) is 6.51. The average molecular weight is 253 g/mol. The summed E-state index contributed by atoms with van der Waals surface area (Å²) >= 11 is 0. The van der Waals surface area contributed by atoms with Crippen molar-refractivity contribution in [1.82, 2.24) is 9.97 Å². The van der Waals surface area contributed by atoms with Crippen molar-refractivity contribution in [3.63, 3.8) is 0 Å². The van der Waals surface area contributed by atoms with E-state index in [1.165, 1.54) is 0 Å². The number of nitrogens with zero attached hydrogens (tertiary/aromatic N) is 2. The summed E-state index contributed by atoms with van der Waals surface area (Å²) < 4.78 is 10.8. The molecule has 1 rings (SSSR count). The molecule has 1 heterocycles. The van der Waals surface area contributed by atoms with Crippen LogP contribution in [0.3, 0.4) is 0 Å². The van der Waals surface area contributed by atoms with Crippen molar-refractivity contribution in [2.45, 2.75) is 40.0 Å². The van der Waals surface area contributed by atoms with Gasteiger partial charge in [-0.1, -0.05) is 20.8 Å². The highest BCUT2D eigenvalue weighted by molar-refractivity contribution is 5.45. The second-order valence-corrected chi connectivity index (χ2v) is 5.16. The van der Waals surface area contributed by atoms with Gasteiger partial charge >= 0.3 is 0 Å². The van der Waals surface area contributed by atoms with Crippen LogP contribution in [0.15, 0.2) is 0 Å². The van der Waals surface area contributed by atoms with Gasteiger partial charge in [0.15, 0.2) is 0 Å². The summed E-state index contributed by atoms with van der Waals surface area (Å²) in [6, 6.07) is 0.